The summed E-state index contributed by atoms with van der Waals surface area (Å²) in [6, 6.07) is 17.0. The maximum absolute atomic E-state index is 12.4. The fourth-order valence-electron chi connectivity index (χ4n) is 3.14. The van der Waals surface area contributed by atoms with Gasteiger partial charge < -0.3 is 4.90 Å². The van der Waals surface area contributed by atoms with E-state index in [0.29, 0.717) is 24.3 Å². The highest BCUT2D eigenvalue weighted by molar-refractivity contribution is 8.25. The van der Waals surface area contributed by atoms with Gasteiger partial charge in [0, 0.05) is 13.1 Å². The van der Waals surface area contributed by atoms with Gasteiger partial charge in [0.1, 0.15) is 5.44 Å². The Labute approximate surface area is 171 Å². The van der Waals surface area contributed by atoms with Crippen molar-refractivity contribution < 1.29 is 8.42 Å². The van der Waals surface area contributed by atoms with Gasteiger partial charge in [-0.2, -0.15) is 0 Å². The maximum Gasteiger partial charge on any atom is 0.254 e. The van der Waals surface area contributed by atoms with Gasteiger partial charge in [-0.05, 0) is 29.7 Å². The molecule has 0 fully saturated rings. The normalized spacial score (nSPS) is 12.1. The van der Waals surface area contributed by atoms with E-state index in [4.69, 9.17) is 11.8 Å². The van der Waals surface area contributed by atoms with E-state index >= 15 is 0 Å². The third-order valence-electron chi connectivity index (χ3n) is 4.52. The van der Waals surface area contributed by atoms with Gasteiger partial charge in [0.2, 0.25) is 0 Å². The molecule has 0 radical (unpaired) electrons. The SMILES string of the molecule is CCN(CC)c1c(P(=S)(c2ccccc2)c2ccccc2)nnn1S(C)(=O)=O. The van der Waals surface area contributed by atoms with Crippen LogP contribution in [0.1, 0.15) is 13.8 Å². The molecule has 0 aliphatic carbocycles. The molecule has 0 bridgehead atoms. The summed E-state index contributed by atoms with van der Waals surface area (Å²) in [5.41, 5.74) is 0.550. The van der Waals surface area contributed by atoms with Crippen LogP contribution >= 0.6 is 6.04 Å². The first-order valence-electron chi connectivity index (χ1n) is 8.97. The van der Waals surface area contributed by atoms with Gasteiger partial charge in [0.05, 0.1) is 12.3 Å². The smallest absolute Gasteiger partial charge is 0.254 e. The van der Waals surface area contributed by atoms with Crippen LogP contribution in [0.2, 0.25) is 0 Å². The molecule has 0 aliphatic rings. The van der Waals surface area contributed by atoms with Crippen LogP contribution in [0.15, 0.2) is 60.7 Å². The first-order chi connectivity index (χ1) is 13.3. The number of hydrogen-bond acceptors (Lipinski definition) is 6. The molecule has 0 N–H and O–H groups in total. The summed E-state index contributed by atoms with van der Waals surface area (Å²) in [7, 11) is -3.63. The van der Waals surface area contributed by atoms with E-state index in [1.54, 1.807) is 0 Å². The van der Waals surface area contributed by atoms with Gasteiger partial charge in [-0.1, -0.05) is 72.5 Å². The number of nitrogens with zero attached hydrogens (tertiary/aromatic N) is 4. The molecule has 9 heteroatoms. The average molecular weight is 435 g/mol. The van der Waals surface area contributed by atoms with Crippen molar-refractivity contribution >= 4 is 49.7 Å². The monoisotopic (exact) mass is 434 g/mol. The van der Waals surface area contributed by atoms with Gasteiger partial charge in [-0.3, -0.25) is 0 Å². The topological polar surface area (TPSA) is 68.1 Å². The Bertz CT molecular complexity index is 1050. The molecule has 0 spiro atoms. The van der Waals surface area contributed by atoms with E-state index < -0.39 is 16.1 Å². The minimum atomic E-state index is -3.63. The third-order valence-corrected chi connectivity index (χ3v) is 10.1. The summed E-state index contributed by atoms with van der Waals surface area (Å²) >= 11 is 6.31. The van der Waals surface area contributed by atoms with Crippen molar-refractivity contribution in [2.75, 3.05) is 24.2 Å². The minimum absolute atomic E-state index is 0.462. The predicted molar refractivity (Wildman–Crippen MR) is 120 cm³/mol. The van der Waals surface area contributed by atoms with Crippen LogP contribution in [-0.4, -0.2) is 42.2 Å². The molecular weight excluding hydrogens is 411 g/mol. The van der Waals surface area contributed by atoms with E-state index in [-0.39, 0.29) is 0 Å². The lowest BCUT2D eigenvalue weighted by Gasteiger charge is -2.27. The number of anilines is 1. The predicted octanol–water partition coefficient (Wildman–Crippen LogP) is 1.69. The molecule has 1 heterocycles. The lowest BCUT2D eigenvalue weighted by Crippen LogP contribution is -2.34. The quantitative estimate of drug-likeness (QED) is 0.527. The summed E-state index contributed by atoms with van der Waals surface area (Å²) < 4.78 is 25.8. The van der Waals surface area contributed by atoms with Gasteiger partial charge in [-0.25, -0.2) is 8.42 Å². The molecule has 0 unspecified atom stereocenters. The Morgan fingerprint density at radius 2 is 1.43 bits per heavy atom. The minimum Gasteiger partial charge on any atom is -0.355 e. The van der Waals surface area contributed by atoms with Gasteiger partial charge in [0.15, 0.2) is 5.82 Å². The van der Waals surface area contributed by atoms with Crippen LogP contribution in [-0.2, 0) is 21.8 Å². The van der Waals surface area contributed by atoms with E-state index in [1.807, 2.05) is 79.4 Å². The first kappa shape index (κ1) is 20.7. The number of hydrogen-bond donors (Lipinski definition) is 0. The Kier molecular flexibility index (Phi) is 6.03. The zero-order valence-corrected chi connectivity index (χ0v) is 18.6. The van der Waals surface area contributed by atoms with Gasteiger partial charge >= 0.3 is 0 Å². The summed E-state index contributed by atoms with van der Waals surface area (Å²) in [5, 5.41) is 10.3. The number of benzene rings is 2. The van der Waals surface area contributed by atoms with Crippen molar-refractivity contribution in [2.24, 2.45) is 0 Å². The van der Waals surface area contributed by atoms with Crippen LogP contribution in [0.5, 0.6) is 0 Å². The van der Waals surface area contributed by atoms with Crippen LogP contribution in [0, 0.1) is 0 Å². The molecular formula is C19H23N4O2PS2. The van der Waals surface area contributed by atoms with Gasteiger partial charge in [-0.15, -0.1) is 9.19 Å². The second-order valence-electron chi connectivity index (χ2n) is 6.30. The Morgan fingerprint density at radius 3 is 1.82 bits per heavy atom. The Morgan fingerprint density at radius 1 is 0.964 bits per heavy atom. The largest absolute Gasteiger partial charge is 0.355 e. The lowest BCUT2D eigenvalue weighted by molar-refractivity contribution is 0.582. The Hall–Kier alpha value is -2.02. The van der Waals surface area contributed by atoms with Crippen LogP contribution < -0.4 is 20.9 Å². The summed E-state index contributed by atoms with van der Waals surface area (Å²) in [4.78, 5) is 1.95. The van der Waals surface area contributed by atoms with E-state index in [9.17, 15) is 8.42 Å². The second-order valence-corrected chi connectivity index (χ2v) is 12.4. The molecule has 0 amide bonds. The van der Waals surface area contributed by atoms with Crippen LogP contribution in [0.4, 0.5) is 5.82 Å². The standard InChI is InChI=1S/C19H23N4O2PS2/c1-4-22(5-2)19-18(20-21-23(19)28(3,24)25)26(27,16-12-8-6-9-13-16)17-14-10-7-11-15-17/h6-15H,4-5H2,1-3H3. The Balaban J connectivity index is 2.40. The van der Waals surface area contributed by atoms with Crippen molar-refractivity contribution in [1.29, 1.82) is 0 Å². The fraction of sp³-hybridized carbons (Fsp3) is 0.263. The van der Waals surface area contributed by atoms with Crippen molar-refractivity contribution in [3.05, 3.63) is 60.7 Å². The second kappa shape index (κ2) is 8.15. The van der Waals surface area contributed by atoms with Gasteiger partial charge in [0.25, 0.3) is 10.0 Å². The number of aromatic nitrogens is 3. The highest BCUT2D eigenvalue weighted by atomic mass is 32.4. The third kappa shape index (κ3) is 3.64. The fourth-order valence-corrected chi connectivity index (χ4v) is 7.63. The van der Waals surface area contributed by atoms with Crippen molar-refractivity contribution in [1.82, 2.24) is 14.4 Å². The molecule has 0 aliphatic heterocycles. The zero-order valence-electron chi connectivity index (χ0n) is 16.1. The highest BCUT2D eigenvalue weighted by Gasteiger charge is 2.35. The molecule has 6 nitrogen and oxygen atoms in total. The van der Waals surface area contributed by atoms with E-state index in [2.05, 4.69) is 10.3 Å². The number of rotatable bonds is 7. The lowest BCUT2D eigenvalue weighted by atomic mass is 10.4. The van der Waals surface area contributed by atoms with Crippen LogP contribution in [0.3, 0.4) is 0 Å². The van der Waals surface area contributed by atoms with E-state index in [1.165, 1.54) is 0 Å². The maximum atomic E-state index is 12.4. The average Bonchev–Trinajstić information content (AvgIpc) is 3.16. The molecule has 3 aromatic rings. The highest BCUT2D eigenvalue weighted by Crippen LogP contribution is 2.44. The van der Waals surface area contributed by atoms with Crippen molar-refractivity contribution in [3.63, 3.8) is 0 Å². The molecule has 0 saturated heterocycles. The van der Waals surface area contributed by atoms with Crippen molar-refractivity contribution in [3.8, 4) is 0 Å². The van der Waals surface area contributed by atoms with Crippen molar-refractivity contribution in [2.45, 2.75) is 13.8 Å². The summed E-state index contributed by atoms with van der Waals surface area (Å²) in [5.74, 6) is 0.462. The molecule has 28 heavy (non-hydrogen) atoms. The summed E-state index contributed by atoms with van der Waals surface area (Å²) in [6.07, 6.45) is 1.13. The molecule has 3 rings (SSSR count). The summed E-state index contributed by atoms with van der Waals surface area (Å²) in [6.45, 7) is 5.18. The van der Waals surface area contributed by atoms with E-state index in [0.717, 1.165) is 21.0 Å². The zero-order chi connectivity index (χ0) is 20.4. The molecule has 0 atom stereocenters. The van der Waals surface area contributed by atoms with Crippen LogP contribution in [0.25, 0.3) is 0 Å². The molecule has 148 valence electrons. The molecule has 1 aromatic heterocycles. The first-order valence-corrected chi connectivity index (χ1v) is 13.6. The molecule has 2 aromatic carbocycles. The molecule has 0 saturated carbocycles.